The molecule has 0 aliphatic rings. The fraction of sp³-hybridized carbons (Fsp3) is 0.364. The second kappa shape index (κ2) is 4.87. The van der Waals surface area contributed by atoms with Crippen molar-refractivity contribution in [3.63, 3.8) is 0 Å². The average molecular weight is 205 g/mol. The predicted molar refractivity (Wildman–Crippen MR) is 59.5 cm³/mol. The first-order chi connectivity index (χ1) is 6.40. The van der Waals surface area contributed by atoms with E-state index in [1.807, 2.05) is 20.8 Å². The van der Waals surface area contributed by atoms with Crippen molar-refractivity contribution in [2.24, 2.45) is 0 Å². The molecule has 3 radical (unpaired) electrons. The van der Waals surface area contributed by atoms with E-state index in [-0.39, 0.29) is 19.6 Å². The molecule has 0 amide bonds. The summed E-state index contributed by atoms with van der Waals surface area (Å²) in [5, 5.41) is 8.88. The molecule has 0 aliphatic heterocycles. The van der Waals surface area contributed by atoms with Crippen LogP contribution in [-0.2, 0) is 0 Å². The van der Waals surface area contributed by atoms with Gasteiger partial charge < -0.3 is 9.84 Å². The van der Waals surface area contributed by atoms with Crippen molar-refractivity contribution in [2.45, 2.75) is 26.4 Å². The van der Waals surface area contributed by atoms with Crippen LogP contribution in [-0.4, -0.2) is 25.1 Å². The minimum Gasteiger partial charge on any atom is -0.487 e. The molecule has 1 N–H and O–H groups in total. The fourth-order valence-corrected chi connectivity index (χ4v) is 1.06. The van der Waals surface area contributed by atoms with E-state index >= 15 is 0 Å². The summed E-state index contributed by atoms with van der Waals surface area (Å²) in [6, 6.07) is 6.63. The topological polar surface area (TPSA) is 46.5 Å². The lowest BCUT2D eigenvalue weighted by molar-refractivity contribution is 0.0681. The minimum absolute atomic E-state index is 0. The highest BCUT2D eigenvalue weighted by Crippen LogP contribution is 2.22. The van der Waals surface area contributed by atoms with E-state index in [1.165, 1.54) is 6.07 Å². The Morgan fingerprint density at radius 2 is 1.80 bits per heavy atom. The number of para-hydroxylation sites is 1. The van der Waals surface area contributed by atoms with E-state index in [0.717, 1.165) is 0 Å². The van der Waals surface area contributed by atoms with E-state index < -0.39 is 5.97 Å². The summed E-state index contributed by atoms with van der Waals surface area (Å²) in [5.41, 5.74) is -0.187. The van der Waals surface area contributed by atoms with Crippen molar-refractivity contribution >= 4 is 14.4 Å². The highest BCUT2D eigenvalue weighted by Gasteiger charge is 2.16. The maximum atomic E-state index is 10.8. The quantitative estimate of drug-likeness (QED) is 0.752. The van der Waals surface area contributed by atoms with Gasteiger partial charge in [-0.1, -0.05) is 12.1 Å². The van der Waals surface area contributed by atoms with Gasteiger partial charge in [-0.25, -0.2) is 4.79 Å². The van der Waals surface area contributed by atoms with Crippen LogP contribution >= 0.6 is 0 Å². The molecule has 79 valence electrons. The SMILES string of the molecule is CC(C)(C)Oc1ccccc1C(=O)O.[B]. The number of benzene rings is 1. The molecule has 0 atom stereocenters. The van der Waals surface area contributed by atoms with Gasteiger partial charge in [-0.3, -0.25) is 0 Å². The zero-order valence-electron chi connectivity index (χ0n) is 9.15. The first-order valence-electron chi connectivity index (χ1n) is 4.41. The van der Waals surface area contributed by atoms with Crippen LogP contribution in [0.2, 0.25) is 0 Å². The van der Waals surface area contributed by atoms with E-state index in [9.17, 15) is 4.79 Å². The van der Waals surface area contributed by atoms with Crippen molar-refractivity contribution in [3.8, 4) is 5.75 Å². The molecule has 0 aliphatic carbocycles. The van der Waals surface area contributed by atoms with E-state index in [4.69, 9.17) is 9.84 Å². The Balaban J connectivity index is 0.00000196. The third kappa shape index (κ3) is 4.06. The van der Waals surface area contributed by atoms with Gasteiger partial charge in [-0.05, 0) is 32.9 Å². The number of ether oxygens (including phenoxy) is 1. The summed E-state index contributed by atoms with van der Waals surface area (Å²) in [5.74, 6) is -0.558. The molecule has 1 rings (SSSR count). The summed E-state index contributed by atoms with van der Waals surface area (Å²) >= 11 is 0. The fourth-order valence-electron chi connectivity index (χ4n) is 1.06. The Kier molecular flexibility index (Phi) is 4.40. The lowest BCUT2D eigenvalue weighted by atomic mass is 10.1. The van der Waals surface area contributed by atoms with Crippen molar-refractivity contribution in [1.82, 2.24) is 0 Å². The van der Waals surface area contributed by atoms with Crippen LogP contribution in [0.3, 0.4) is 0 Å². The van der Waals surface area contributed by atoms with Crippen LogP contribution in [0.15, 0.2) is 24.3 Å². The smallest absolute Gasteiger partial charge is 0.339 e. The highest BCUT2D eigenvalue weighted by molar-refractivity contribution is 5.90. The Hall–Kier alpha value is -1.45. The van der Waals surface area contributed by atoms with Crippen LogP contribution in [0.5, 0.6) is 5.75 Å². The Morgan fingerprint density at radius 1 is 1.27 bits per heavy atom. The van der Waals surface area contributed by atoms with Crippen LogP contribution in [0.1, 0.15) is 31.1 Å². The maximum Gasteiger partial charge on any atom is 0.339 e. The standard InChI is InChI=1S/C11H14O3.B/c1-11(2,3)14-9-7-5-4-6-8(9)10(12)13;/h4-7H,1-3H3,(H,12,13);. The molecule has 0 saturated heterocycles. The molecule has 0 unspecified atom stereocenters. The summed E-state index contributed by atoms with van der Waals surface area (Å²) in [4.78, 5) is 10.8. The number of hydrogen-bond acceptors (Lipinski definition) is 2. The molecule has 0 fully saturated rings. The van der Waals surface area contributed by atoms with Gasteiger partial charge in [0.25, 0.3) is 0 Å². The molecule has 4 heteroatoms. The third-order valence-corrected chi connectivity index (χ3v) is 1.53. The Labute approximate surface area is 91.6 Å². The molecular weight excluding hydrogens is 191 g/mol. The van der Waals surface area contributed by atoms with Gasteiger partial charge in [0.05, 0.1) is 0 Å². The van der Waals surface area contributed by atoms with Gasteiger partial charge in [-0.15, -0.1) is 0 Å². The van der Waals surface area contributed by atoms with E-state index in [2.05, 4.69) is 0 Å². The average Bonchev–Trinajstić information content (AvgIpc) is 2.01. The summed E-state index contributed by atoms with van der Waals surface area (Å²) in [7, 11) is 0. The second-order valence-corrected chi connectivity index (χ2v) is 4.02. The summed E-state index contributed by atoms with van der Waals surface area (Å²) < 4.78 is 5.51. The third-order valence-electron chi connectivity index (χ3n) is 1.53. The Morgan fingerprint density at radius 3 is 2.27 bits per heavy atom. The maximum absolute atomic E-state index is 10.8. The first-order valence-corrected chi connectivity index (χ1v) is 4.41. The summed E-state index contributed by atoms with van der Waals surface area (Å²) in [6.07, 6.45) is 0. The predicted octanol–water partition coefficient (Wildman–Crippen LogP) is 2.18. The van der Waals surface area contributed by atoms with Gasteiger partial charge >= 0.3 is 5.97 Å². The zero-order chi connectivity index (χ0) is 10.8. The number of hydrogen-bond donors (Lipinski definition) is 1. The van der Waals surface area contributed by atoms with Crippen LogP contribution < -0.4 is 4.74 Å². The highest BCUT2D eigenvalue weighted by atomic mass is 16.5. The molecule has 3 nitrogen and oxygen atoms in total. The van der Waals surface area contributed by atoms with Gasteiger partial charge in [-0.2, -0.15) is 0 Å². The van der Waals surface area contributed by atoms with Gasteiger partial charge in [0.15, 0.2) is 0 Å². The number of carboxylic acid groups (broad SMARTS) is 1. The Bertz CT molecular complexity index is 342. The molecule has 1 aromatic rings. The zero-order valence-corrected chi connectivity index (χ0v) is 9.15. The van der Waals surface area contributed by atoms with E-state index in [0.29, 0.717) is 5.75 Å². The summed E-state index contributed by atoms with van der Waals surface area (Å²) in [6.45, 7) is 5.64. The minimum atomic E-state index is -0.968. The van der Waals surface area contributed by atoms with E-state index in [1.54, 1.807) is 18.2 Å². The van der Waals surface area contributed by atoms with Crippen molar-refractivity contribution < 1.29 is 14.6 Å². The largest absolute Gasteiger partial charge is 0.487 e. The number of aromatic carboxylic acids is 1. The van der Waals surface area contributed by atoms with Crippen LogP contribution in [0, 0.1) is 0 Å². The molecule has 0 spiro atoms. The number of rotatable bonds is 2. The van der Waals surface area contributed by atoms with Gasteiger partial charge in [0.1, 0.15) is 16.9 Å². The molecule has 0 aromatic heterocycles. The van der Waals surface area contributed by atoms with Crippen molar-refractivity contribution in [3.05, 3.63) is 29.8 Å². The lowest BCUT2D eigenvalue weighted by Gasteiger charge is -2.22. The van der Waals surface area contributed by atoms with Gasteiger partial charge in [0.2, 0.25) is 0 Å². The molecular formula is C11H14BO3. The van der Waals surface area contributed by atoms with Crippen LogP contribution in [0.4, 0.5) is 0 Å². The molecule has 1 aromatic carbocycles. The molecule has 15 heavy (non-hydrogen) atoms. The molecule has 0 bridgehead atoms. The second-order valence-electron chi connectivity index (χ2n) is 4.02. The van der Waals surface area contributed by atoms with Crippen molar-refractivity contribution in [1.29, 1.82) is 0 Å². The lowest BCUT2D eigenvalue weighted by Crippen LogP contribution is -2.24. The monoisotopic (exact) mass is 205 g/mol. The molecule has 0 heterocycles. The van der Waals surface area contributed by atoms with Crippen molar-refractivity contribution in [2.75, 3.05) is 0 Å². The number of carbonyl (C=O) groups is 1. The van der Waals surface area contributed by atoms with Gasteiger partial charge in [0, 0.05) is 8.41 Å². The first kappa shape index (κ1) is 13.6. The molecule has 0 saturated carbocycles. The van der Waals surface area contributed by atoms with Crippen LogP contribution in [0.25, 0.3) is 0 Å². The normalized spacial score (nSPS) is 10.3. The number of carboxylic acids is 1.